The third-order valence-corrected chi connectivity index (χ3v) is 6.24. The summed E-state index contributed by atoms with van der Waals surface area (Å²) < 4.78 is 25.6. The second kappa shape index (κ2) is 6.76. The van der Waals surface area contributed by atoms with Gasteiger partial charge in [0, 0.05) is 6.54 Å². The Hall–Kier alpha value is -0.440. The first-order valence-corrected chi connectivity index (χ1v) is 9.64. The molecule has 0 spiro atoms. The summed E-state index contributed by atoms with van der Waals surface area (Å²) in [5.74, 6) is 0.466. The average Bonchev–Trinajstić information content (AvgIpc) is 2.89. The van der Waals surface area contributed by atoms with Crippen LogP contribution in [0, 0.1) is 5.92 Å². The van der Waals surface area contributed by atoms with E-state index in [2.05, 4.69) is 25.9 Å². The number of halogens is 1. The van der Waals surface area contributed by atoms with Crippen LogP contribution in [0.1, 0.15) is 24.6 Å². The number of hydrogen-bond donors (Lipinski definition) is 1. The lowest BCUT2D eigenvalue weighted by Crippen LogP contribution is -2.21. The highest BCUT2D eigenvalue weighted by atomic mass is 79.9. The molecule has 8 heteroatoms. The predicted octanol–water partition coefficient (Wildman–Crippen LogP) is 1.07. The van der Waals surface area contributed by atoms with E-state index in [1.807, 2.05) is 14.1 Å². The molecule has 6 nitrogen and oxygen atoms in total. The molecule has 120 valence electrons. The molecular formula is C13H22BrN3O3S. The molecule has 2 rings (SSSR count). The molecule has 21 heavy (non-hydrogen) atoms. The first kappa shape index (κ1) is 16.9. The van der Waals surface area contributed by atoms with E-state index in [-0.39, 0.29) is 17.4 Å². The summed E-state index contributed by atoms with van der Waals surface area (Å²) in [6, 6.07) is 0. The Morgan fingerprint density at radius 2 is 2.29 bits per heavy atom. The van der Waals surface area contributed by atoms with Gasteiger partial charge in [0.15, 0.2) is 9.84 Å². The smallest absolute Gasteiger partial charge is 0.150 e. The van der Waals surface area contributed by atoms with Gasteiger partial charge >= 0.3 is 0 Å². The van der Waals surface area contributed by atoms with Crippen molar-refractivity contribution in [3.8, 4) is 0 Å². The van der Waals surface area contributed by atoms with Crippen LogP contribution in [0.4, 0.5) is 0 Å². The monoisotopic (exact) mass is 379 g/mol. The average molecular weight is 380 g/mol. The van der Waals surface area contributed by atoms with Crippen LogP contribution in [0.2, 0.25) is 0 Å². The standard InChI is InChI=1S/C13H22BrN3O3S/c1-16(2)4-5-17-13(11(14)8-15-17)12(18)7-10-3-6-21(19,20)9-10/h8,10,12,18H,3-7,9H2,1-2H3. The van der Waals surface area contributed by atoms with Gasteiger partial charge in [0.25, 0.3) is 0 Å². The van der Waals surface area contributed by atoms with Gasteiger partial charge in [0.1, 0.15) is 0 Å². The lowest BCUT2D eigenvalue weighted by molar-refractivity contribution is 0.137. The summed E-state index contributed by atoms with van der Waals surface area (Å²) in [6.45, 7) is 1.51. The Labute approximate surface area is 134 Å². The van der Waals surface area contributed by atoms with Gasteiger partial charge in [-0.05, 0) is 48.8 Å². The number of likely N-dealkylation sites (N-methyl/N-ethyl adjacent to an activating group) is 1. The molecule has 1 aliphatic heterocycles. The van der Waals surface area contributed by atoms with E-state index >= 15 is 0 Å². The number of aliphatic hydroxyl groups excluding tert-OH is 1. The first-order valence-electron chi connectivity index (χ1n) is 7.03. The van der Waals surface area contributed by atoms with Gasteiger partial charge in [-0.2, -0.15) is 5.10 Å². The number of aliphatic hydroxyl groups is 1. The maximum Gasteiger partial charge on any atom is 0.150 e. The molecular weight excluding hydrogens is 358 g/mol. The minimum atomic E-state index is -2.90. The molecule has 2 unspecified atom stereocenters. The zero-order chi connectivity index (χ0) is 15.6. The Morgan fingerprint density at radius 1 is 1.57 bits per heavy atom. The van der Waals surface area contributed by atoms with Crippen LogP contribution >= 0.6 is 15.9 Å². The number of sulfone groups is 1. The summed E-state index contributed by atoms with van der Waals surface area (Å²) >= 11 is 3.42. The van der Waals surface area contributed by atoms with Crippen molar-refractivity contribution in [1.82, 2.24) is 14.7 Å². The van der Waals surface area contributed by atoms with Crippen LogP contribution in [0.15, 0.2) is 10.7 Å². The van der Waals surface area contributed by atoms with E-state index in [1.54, 1.807) is 10.9 Å². The summed E-state index contributed by atoms with van der Waals surface area (Å²) in [4.78, 5) is 2.05. The highest BCUT2D eigenvalue weighted by Gasteiger charge is 2.31. The lowest BCUT2D eigenvalue weighted by atomic mass is 9.99. The summed E-state index contributed by atoms with van der Waals surface area (Å²) in [6.07, 6.45) is 2.09. The maximum absolute atomic E-state index is 11.5. The van der Waals surface area contributed by atoms with Crippen molar-refractivity contribution in [2.45, 2.75) is 25.5 Å². The lowest BCUT2D eigenvalue weighted by Gasteiger charge is -2.18. The molecule has 1 fully saturated rings. The van der Waals surface area contributed by atoms with Gasteiger partial charge in [0.05, 0.1) is 40.5 Å². The van der Waals surface area contributed by atoms with Crippen LogP contribution in [0.5, 0.6) is 0 Å². The van der Waals surface area contributed by atoms with Crippen molar-refractivity contribution in [2.75, 3.05) is 32.1 Å². The third kappa shape index (κ3) is 4.51. The fraction of sp³-hybridized carbons (Fsp3) is 0.769. The zero-order valence-electron chi connectivity index (χ0n) is 12.4. The first-order chi connectivity index (χ1) is 9.78. The fourth-order valence-corrected chi connectivity index (χ4v) is 5.10. The number of nitrogens with zero attached hydrogens (tertiary/aromatic N) is 3. The SMILES string of the molecule is CN(C)CCn1ncc(Br)c1C(O)CC1CCS(=O)(=O)C1. The molecule has 0 bridgehead atoms. The van der Waals surface area contributed by atoms with Gasteiger partial charge in [-0.15, -0.1) is 0 Å². The van der Waals surface area contributed by atoms with Crippen LogP contribution in [0.25, 0.3) is 0 Å². The molecule has 2 atom stereocenters. The highest BCUT2D eigenvalue weighted by Crippen LogP contribution is 2.32. The summed E-state index contributed by atoms with van der Waals surface area (Å²) in [5.41, 5.74) is 0.737. The molecule has 0 aliphatic carbocycles. The molecule has 1 aromatic rings. The molecule has 0 aromatic carbocycles. The molecule has 0 amide bonds. The second-order valence-corrected chi connectivity index (χ2v) is 9.01. The Morgan fingerprint density at radius 3 is 2.86 bits per heavy atom. The van der Waals surface area contributed by atoms with E-state index < -0.39 is 15.9 Å². The molecule has 1 saturated heterocycles. The van der Waals surface area contributed by atoms with E-state index in [9.17, 15) is 13.5 Å². The number of aromatic nitrogens is 2. The van der Waals surface area contributed by atoms with Gasteiger partial charge in [-0.1, -0.05) is 0 Å². The number of hydrogen-bond acceptors (Lipinski definition) is 5. The molecule has 0 radical (unpaired) electrons. The molecule has 1 aliphatic rings. The van der Waals surface area contributed by atoms with Gasteiger partial charge in [-0.25, -0.2) is 8.42 Å². The predicted molar refractivity (Wildman–Crippen MR) is 84.8 cm³/mol. The topological polar surface area (TPSA) is 75.4 Å². The Bertz CT molecular complexity index is 585. The van der Waals surface area contributed by atoms with Crippen LogP contribution in [-0.2, 0) is 16.4 Å². The van der Waals surface area contributed by atoms with Crippen LogP contribution < -0.4 is 0 Å². The highest BCUT2D eigenvalue weighted by molar-refractivity contribution is 9.10. The van der Waals surface area contributed by atoms with Crippen molar-refractivity contribution in [3.05, 3.63) is 16.4 Å². The summed E-state index contributed by atoms with van der Waals surface area (Å²) in [7, 11) is 1.06. The fourth-order valence-electron chi connectivity index (χ4n) is 2.66. The quantitative estimate of drug-likeness (QED) is 0.799. The molecule has 0 saturated carbocycles. The van der Waals surface area contributed by atoms with Crippen molar-refractivity contribution >= 4 is 25.8 Å². The molecule has 1 N–H and O–H groups in total. The van der Waals surface area contributed by atoms with Crippen LogP contribution in [-0.4, -0.2) is 60.4 Å². The normalized spacial score (nSPS) is 22.8. The van der Waals surface area contributed by atoms with Crippen molar-refractivity contribution < 1.29 is 13.5 Å². The maximum atomic E-state index is 11.5. The minimum Gasteiger partial charge on any atom is -0.387 e. The Balaban J connectivity index is 2.05. The number of rotatable bonds is 6. The molecule has 2 heterocycles. The third-order valence-electron chi connectivity index (χ3n) is 3.79. The minimum absolute atomic E-state index is 0.0362. The summed E-state index contributed by atoms with van der Waals surface area (Å²) in [5, 5.41) is 14.7. The van der Waals surface area contributed by atoms with E-state index in [0.717, 1.165) is 16.7 Å². The van der Waals surface area contributed by atoms with Crippen molar-refractivity contribution in [2.24, 2.45) is 5.92 Å². The van der Waals surface area contributed by atoms with E-state index in [0.29, 0.717) is 19.4 Å². The second-order valence-electron chi connectivity index (χ2n) is 5.92. The van der Waals surface area contributed by atoms with Crippen LogP contribution in [0.3, 0.4) is 0 Å². The molecule has 1 aromatic heterocycles. The van der Waals surface area contributed by atoms with Crippen molar-refractivity contribution in [3.63, 3.8) is 0 Å². The largest absolute Gasteiger partial charge is 0.387 e. The van der Waals surface area contributed by atoms with Crippen molar-refractivity contribution in [1.29, 1.82) is 0 Å². The zero-order valence-corrected chi connectivity index (χ0v) is 14.8. The van der Waals surface area contributed by atoms with Gasteiger partial charge in [0.2, 0.25) is 0 Å². The van der Waals surface area contributed by atoms with Gasteiger partial charge < -0.3 is 10.0 Å². The van der Waals surface area contributed by atoms with Gasteiger partial charge in [-0.3, -0.25) is 4.68 Å². The van der Waals surface area contributed by atoms with E-state index in [4.69, 9.17) is 0 Å². The Kier molecular flexibility index (Phi) is 5.45. The van der Waals surface area contributed by atoms with E-state index in [1.165, 1.54) is 0 Å².